The molecule has 0 N–H and O–H groups in total. The molecule has 0 aromatic heterocycles. The third-order valence-corrected chi connectivity index (χ3v) is 8.11. The first-order chi connectivity index (χ1) is 11.8. The maximum Gasteiger partial charge on any atom is 0.198 e. The van der Waals surface area contributed by atoms with Crippen LogP contribution in [0.2, 0.25) is 0 Å². The summed E-state index contributed by atoms with van der Waals surface area (Å²) >= 11 is 0. The molecule has 0 aliphatic heterocycles. The molecular formula is C21H26O4. The van der Waals surface area contributed by atoms with Crippen LogP contribution in [0.1, 0.15) is 58.8 Å². The summed E-state index contributed by atoms with van der Waals surface area (Å²) in [5.74, 6) is 0.406. The molecule has 0 radical (unpaired) electrons. The van der Waals surface area contributed by atoms with E-state index in [9.17, 15) is 19.2 Å². The number of aldehydes is 1. The quantitative estimate of drug-likeness (QED) is 0.571. The summed E-state index contributed by atoms with van der Waals surface area (Å²) < 4.78 is 0. The summed E-state index contributed by atoms with van der Waals surface area (Å²) in [6.45, 7) is 4.23. The first-order valence-corrected chi connectivity index (χ1v) is 9.57. The van der Waals surface area contributed by atoms with E-state index >= 15 is 0 Å². The van der Waals surface area contributed by atoms with E-state index in [1.165, 1.54) is 5.57 Å². The average molecular weight is 342 g/mol. The minimum Gasteiger partial charge on any atom is -0.299 e. The molecule has 4 aliphatic carbocycles. The van der Waals surface area contributed by atoms with E-state index in [4.69, 9.17) is 0 Å². The maximum atomic E-state index is 13.3. The van der Waals surface area contributed by atoms with Gasteiger partial charge in [-0.15, -0.1) is 0 Å². The standard InChI is InChI=1S/C21H26O4/c1-20-8-7-13(23)9-12(20)3-4-14-15-5-6-16(18(25)11-22)21(15,2)10-17(24)19(14)20/h9,11,14-16,19H,3-8,10H2,1-2H3/t14-,15-,16+,19+,20-,21-/m0/s1. The van der Waals surface area contributed by atoms with Gasteiger partial charge in [-0.2, -0.15) is 0 Å². The fraction of sp³-hybridized carbons (Fsp3) is 0.714. The Labute approximate surface area is 148 Å². The summed E-state index contributed by atoms with van der Waals surface area (Å²) in [5.41, 5.74) is 0.612. The second kappa shape index (κ2) is 5.46. The van der Waals surface area contributed by atoms with Crippen molar-refractivity contribution in [1.82, 2.24) is 0 Å². The first kappa shape index (κ1) is 16.9. The highest BCUT2D eigenvalue weighted by atomic mass is 16.2. The maximum absolute atomic E-state index is 13.3. The van der Waals surface area contributed by atoms with Crippen LogP contribution in [0.4, 0.5) is 0 Å². The molecule has 0 aromatic carbocycles. The molecule has 0 spiro atoms. The van der Waals surface area contributed by atoms with E-state index in [-0.39, 0.29) is 45.9 Å². The lowest BCUT2D eigenvalue weighted by Gasteiger charge is -2.56. The minimum absolute atomic E-state index is 0.0243. The Bertz CT molecular complexity index is 705. The van der Waals surface area contributed by atoms with E-state index < -0.39 is 0 Å². The molecule has 3 fully saturated rings. The summed E-state index contributed by atoms with van der Waals surface area (Å²) in [6.07, 6.45) is 7.42. The van der Waals surface area contributed by atoms with Crippen LogP contribution in [-0.2, 0) is 19.2 Å². The van der Waals surface area contributed by atoms with E-state index in [0.717, 1.165) is 32.1 Å². The zero-order chi connectivity index (χ0) is 18.0. The fourth-order valence-corrected chi connectivity index (χ4v) is 6.93. The van der Waals surface area contributed by atoms with Crippen molar-refractivity contribution >= 4 is 23.6 Å². The Morgan fingerprint density at radius 3 is 2.64 bits per heavy atom. The number of carbonyl (C=O) groups is 4. The van der Waals surface area contributed by atoms with Crippen molar-refractivity contribution in [2.24, 2.45) is 34.5 Å². The molecule has 134 valence electrons. The van der Waals surface area contributed by atoms with Crippen molar-refractivity contribution in [3.63, 3.8) is 0 Å². The second-order valence-corrected chi connectivity index (χ2v) is 9.14. The summed E-state index contributed by atoms with van der Waals surface area (Å²) in [6, 6.07) is 0. The normalized spacial score (nSPS) is 45.9. The Kier molecular flexibility index (Phi) is 3.68. The van der Waals surface area contributed by atoms with Gasteiger partial charge in [-0.25, -0.2) is 0 Å². The molecule has 6 atom stereocenters. The molecule has 0 unspecified atom stereocenters. The first-order valence-electron chi connectivity index (χ1n) is 9.57. The number of hydrogen-bond donors (Lipinski definition) is 0. The molecule has 0 saturated heterocycles. The van der Waals surface area contributed by atoms with Crippen molar-refractivity contribution in [3.8, 4) is 0 Å². The predicted molar refractivity (Wildman–Crippen MR) is 91.7 cm³/mol. The van der Waals surface area contributed by atoms with Crippen LogP contribution in [0.25, 0.3) is 0 Å². The average Bonchev–Trinajstić information content (AvgIpc) is 2.91. The number of fused-ring (bicyclic) bond motifs is 5. The number of carbonyl (C=O) groups excluding carboxylic acids is 4. The molecular weight excluding hydrogens is 316 g/mol. The van der Waals surface area contributed by atoms with Crippen LogP contribution < -0.4 is 0 Å². The number of ketones is 3. The monoisotopic (exact) mass is 342 g/mol. The summed E-state index contributed by atoms with van der Waals surface area (Å²) in [5, 5.41) is 0. The highest BCUT2D eigenvalue weighted by Crippen LogP contribution is 2.65. The van der Waals surface area contributed by atoms with Crippen molar-refractivity contribution in [3.05, 3.63) is 11.6 Å². The van der Waals surface area contributed by atoms with Gasteiger partial charge in [0.2, 0.25) is 0 Å². The smallest absolute Gasteiger partial charge is 0.198 e. The van der Waals surface area contributed by atoms with Crippen LogP contribution in [-0.4, -0.2) is 23.6 Å². The van der Waals surface area contributed by atoms with Gasteiger partial charge in [-0.3, -0.25) is 19.2 Å². The van der Waals surface area contributed by atoms with E-state index in [1.54, 1.807) is 6.08 Å². The molecule has 0 heterocycles. The summed E-state index contributed by atoms with van der Waals surface area (Å²) in [7, 11) is 0. The zero-order valence-corrected chi connectivity index (χ0v) is 15.0. The topological polar surface area (TPSA) is 68.3 Å². The zero-order valence-electron chi connectivity index (χ0n) is 15.0. The molecule has 25 heavy (non-hydrogen) atoms. The lowest BCUT2D eigenvalue weighted by molar-refractivity contribution is -0.149. The predicted octanol–water partition coefficient (Wildman–Crippen LogP) is 3.08. The van der Waals surface area contributed by atoms with Crippen LogP contribution in [0.3, 0.4) is 0 Å². The number of allylic oxidation sites excluding steroid dienone is 1. The van der Waals surface area contributed by atoms with Crippen molar-refractivity contribution in [1.29, 1.82) is 0 Å². The van der Waals surface area contributed by atoms with Crippen LogP contribution in [0.15, 0.2) is 11.6 Å². The Morgan fingerprint density at radius 2 is 1.92 bits per heavy atom. The van der Waals surface area contributed by atoms with Gasteiger partial charge in [-0.1, -0.05) is 19.4 Å². The number of Topliss-reactive ketones (excluding diaryl/α,β-unsaturated/α-hetero) is 2. The Hall–Kier alpha value is -1.58. The highest BCUT2D eigenvalue weighted by molar-refractivity contribution is 6.26. The van der Waals surface area contributed by atoms with Gasteiger partial charge in [-0.05, 0) is 60.8 Å². The third kappa shape index (κ3) is 2.18. The molecule has 4 nitrogen and oxygen atoms in total. The molecule has 3 saturated carbocycles. The Balaban J connectivity index is 1.72. The van der Waals surface area contributed by atoms with Gasteiger partial charge in [0.25, 0.3) is 0 Å². The molecule has 0 bridgehead atoms. The lowest BCUT2D eigenvalue weighted by atomic mass is 9.46. The van der Waals surface area contributed by atoms with Crippen LogP contribution in [0.5, 0.6) is 0 Å². The van der Waals surface area contributed by atoms with Crippen LogP contribution in [0, 0.1) is 34.5 Å². The Morgan fingerprint density at radius 1 is 1.16 bits per heavy atom. The van der Waals surface area contributed by atoms with Crippen molar-refractivity contribution < 1.29 is 19.2 Å². The SMILES string of the molecule is C[C@]12CC(=O)[C@H]3[C@@H](CCC4=CC(=O)CC[C@@]43C)[C@@H]1CC[C@@H]2C(=O)C=O. The van der Waals surface area contributed by atoms with Gasteiger partial charge < -0.3 is 0 Å². The molecule has 0 amide bonds. The van der Waals surface area contributed by atoms with Gasteiger partial charge in [0.1, 0.15) is 5.78 Å². The van der Waals surface area contributed by atoms with Gasteiger partial charge in [0.05, 0.1) is 0 Å². The van der Waals surface area contributed by atoms with Gasteiger partial charge in [0.15, 0.2) is 17.9 Å². The van der Waals surface area contributed by atoms with E-state index in [2.05, 4.69) is 13.8 Å². The van der Waals surface area contributed by atoms with Crippen LogP contribution >= 0.6 is 0 Å². The van der Waals surface area contributed by atoms with E-state index in [0.29, 0.717) is 25.0 Å². The summed E-state index contributed by atoms with van der Waals surface area (Å²) in [4.78, 5) is 48.3. The molecule has 4 aliphatic rings. The highest BCUT2D eigenvalue weighted by Gasteiger charge is 2.63. The number of hydrogen-bond acceptors (Lipinski definition) is 4. The minimum atomic E-state index is -0.363. The molecule has 0 aromatic rings. The lowest BCUT2D eigenvalue weighted by Crippen LogP contribution is -2.55. The van der Waals surface area contributed by atoms with Gasteiger partial charge >= 0.3 is 0 Å². The van der Waals surface area contributed by atoms with Gasteiger partial charge in [0, 0.05) is 24.7 Å². The second-order valence-electron chi connectivity index (χ2n) is 9.14. The fourth-order valence-electron chi connectivity index (χ4n) is 6.93. The van der Waals surface area contributed by atoms with Crippen molar-refractivity contribution in [2.45, 2.75) is 58.8 Å². The molecule has 4 heteroatoms. The number of rotatable bonds is 2. The largest absolute Gasteiger partial charge is 0.299 e. The third-order valence-electron chi connectivity index (χ3n) is 8.11. The van der Waals surface area contributed by atoms with Crippen molar-refractivity contribution in [2.75, 3.05) is 0 Å². The van der Waals surface area contributed by atoms with E-state index in [1.807, 2.05) is 0 Å². The molecule has 4 rings (SSSR count).